The standard InChI is InChI=1S/C17H23ClN2O/c1-13(21)20-9-7-19(8-10-20)12-17(18)16-6-5-14-3-2-4-15(14)11-16/h5-6,11,17H,2-4,7-10,12H2,1H3. The highest BCUT2D eigenvalue weighted by molar-refractivity contribution is 6.21. The van der Waals surface area contributed by atoms with E-state index in [1.165, 1.54) is 36.0 Å². The zero-order valence-corrected chi connectivity index (χ0v) is 13.4. The molecule has 1 amide bonds. The highest BCUT2D eigenvalue weighted by atomic mass is 35.5. The third-order valence-electron chi connectivity index (χ3n) is 4.72. The molecule has 4 heteroatoms. The summed E-state index contributed by atoms with van der Waals surface area (Å²) in [5, 5.41) is 0.0415. The minimum atomic E-state index is 0.0415. The number of aryl methyl sites for hydroxylation is 2. The fourth-order valence-electron chi connectivity index (χ4n) is 3.36. The van der Waals surface area contributed by atoms with Crippen LogP contribution in [0.1, 0.15) is 35.4 Å². The van der Waals surface area contributed by atoms with Gasteiger partial charge in [0.25, 0.3) is 0 Å². The number of carbonyl (C=O) groups excluding carboxylic acids is 1. The zero-order valence-electron chi connectivity index (χ0n) is 12.6. The molecular formula is C17H23ClN2O. The molecule has 3 rings (SSSR count). The number of nitrogens with zero attached hydrogens (tertiary/aromatic N) is 2. The summed E-state index contributed by atoms with van der Waals surface area (Å²) >= 11 is 6.62. The van der Waals surface area contributed by atoms with E-state index in [1.54, 1.807) is 6.92 Å². The van der Waals surface area contributed by atoms with Gasteiger partial charge >= 0.3 is 0 Å². The average molecular weight is 307 g/mol. The number of rotatable bonds is 3. The van der Waals surface area contributed by atoms with Gasteiger partial charge in [0.15, 0.2) is 0 Å². The molecule has 0 spiro atoms. The summed E-state index contributed by atoms with van der Waals surface area (Å²) in [5.41, 5.74) is 4.23. The van der Waals surface area contributed by atoms with E-state index in [0.29, 0.717) is 0 Å². The molecular weight excluding hydrogens is 284 g/mol. The number of alkyl halides is 1. The van der Waals surface area contributed by atoms with Gasteiger partial charge in [-0.25, -0.2) is 0 Å². The molecule has 1 fully saturated rings. The van der Waals surface area contributed by atoms with Crippen molar-refractivity contribution < 1.29 is 4.79 Å². The molecule has 1 unspecified atom stereocenters. The number of piperazine rings is 1. The van der Waals surface area contributed by atoms with Crippen molar-refractivity contribution in [3.05, 3.63) is 34.9 Å². The molecule has 0 bridgehead atoms. The van der Waals surface area contributed by atoms with E-state index in [-0.39, 0.29) is 11.3 Å². The highest BCUT2D eigenvalue weighted by Crippen LogP contribution is 2.28. The normalized spacial score (nSPS) is 20.4. The number of halogens is 1. The third kappa shape index (κ3) is 3.41. The molecule has 2 aliphatic rings. The van der Waals surface area contributed by atoms with E-state index in [0.717, 1.165) is 32.7 Å². The highest BCUT2D eigenvalue weighted by Gasteiger charge is 2.22. The van der Waals surface area contributed by atoms with Crippen LogP contribution in [0.15, 0.2) is 18.2 Å². The van der Waals surface area contributed by atoms with Crippen molar-refractivity contribution in [2.24, 2.45) is 0 Å². The van der Waals surface area contributed by atoms with Gasteiger partial charge in [0.1, 0.15) is 0 Å². The molecule has 0 radical (unpaired) electrons. The van der Waals surface area contributed by atoms with Gasteiger partial charge in [0.05, 0.1) is 5.38 Å². The van der Waals surface area contributed by atoms with Crippen molar-refractivity contribution in [2.45, 2.75) is 31.6 Å². The smallest absolute Gasteiger partial charge is 0.219 e. The molecule has 1 heterocycles. The molecule has 1 aliphatic heterocycles. The van der Waals surface area contributed by atoms with E-state index in [4.69, 9.17) is 11.6 Å². The van der Waals surface area contributed by atoms with Gasteiger partial charge in [-0.3, -0.25) is 9.69 Å². The number of carbonyl (C=O) groups is 1. The second-order valence-corrected chi connectivity index (χ2v) is 6.68. The molecule has 1 atom stereocenters. The predicted molar refractivity (Wildman–Crippen MR) is 85.8 cm³/mol. The van der Waals surface area contributed by atoms with Gasteiger partial charge in [0, 0.05) is 39.6 Å². The lowest BCUT2D eigenvalue weighted by Crippen LogP contribution is -2.48. The number of amides is 1. The molecule has 0 saturated carbocycles. The zero-order chi connectivity index (χ0) is 14.8. The minimum absolute atomic E-state index is 0.0415. The fourth-order valence-corrected chi connectivity index (χ4v) is 3.69. The predicted octanol–water partition coefficient (Wildman–Crippen LogP) is 2.62. The number of fused-ring (bicyclic) bond motifs is 1. The van der Waals surface area contributed by atoms with Crippen LogP contribution in [-0.2, 0) is 17.6 Å². The summed E-state index contributed by atoms with van der Waals surface area (Å²) in [6, 6.07) is 6.74. The fraction of sp³-hybridized carbons (Fsp3) is 0.588. The third-order valence-corrected chi connectivity index (χ3v) is 5.11. The van der Waals surface area contributed by atoms with Crippen LogP contribution in [0.4, 0.5) is 0 Å². The van der Waals surface area contributed by atoms with Crippen LogP contribution in [0.3, 0.4) is 0 Å². The molecule has 1 aliphatic carbocycles. The molecule has 1 saturated heterocycles. The van der Waals surface area contributed by atoms with Crippen LogP contribution in [0.25, 0.3) is 0 Å². The van der Waals surface area contributed by atoms with Crippen LogP contribution in [0.2, 0.25) is 0 Å². The monoisotopic (exact) mass is 306 g/mol. The first-order valence-corrected chi connectivity index (χ1v) is 8.31. The van der Waals surface area contributed by atoms with Gasteiger partial charge in [-0.1, -0.05) is 18.2 Å². The van der Waals surface area contributed by atoms with Crippen LogP contribution >= 0.6 is 11.6 Å². The average Bonchev–Trinajstić information content (AvgIpc) is 2.95. The Morgan fingerprint density at radius 3 is 2.62 bits per heavy atom. The molecule has 1 aromatic carbocycles. The summed E-state index contributed by atoms with van der Waals surface area (Å²) in [7, 11) is 0. The van der Waals surface area contributed by atoms with Gasteiger partial charge in [-0.15, -0.1) is 11.6 Å². The quantitative estimate of drug-likeness (QED) is 0.802. The molecule has 21 heavy (non-hydrogen) atoms. The Bertz CT molecular complexity index is 524. The number of hydrogen-bond donors (Lipinski definition) is 0. The van der Waals surface area contributed by atoms with Crippen LogP contribution < -0.4 is 0 Å². The van der Waals surface area contributed by atoms with E-state index >= 15 is 0 Å². The first kappa shape index (κ1) is 14.9. The largest absolute Gasteiger partial charge is 0.340 e. The maximum Gasteiger partial charge on any atom is 0.219 e. The summed E-state index contributed by atoms with van der Waals surface area (Å²) in [5.74, 6) is 0.177. The summed E-state index contributed by atoms with van der Waals surface area (Å²) in [6.45, 7) is 6.00. The second kappa shape index (κ2) is 6.37. The number of hydrogen-bond acceptors (Lipinski definition) is 2. The maximum atomic E-state index is 11.3. The van der Waals surface area contributed by atoms with Crippen molar-refractivity contribution in [3.8, 4) is 0 Å². The molecule has 1 aromatic rings. The van der Waals surface area contributed by atoms with Gasteiger partial charge in [-0.2, -0.15) is 0 Å². The molecule has 0 N–H and O–H groups in total. The number of benzene rings is 1. The Hall–Kier alpha value is -1.06. The van der Waals surface area contributed by atoms with E-state index in [9.17, 15) is 4.79 Å². The SMILES string of the molecule is CC(=O)N1CCN(CC(Cl)c2ccc3c(c2)CCC3)CC1. The molecule has 3 nitrogen and oxygen atoms in total. The van der Waals surface area contributed by atoms with Crippen molar-refractivity contribution in [3.63, 3.8) is 0 Å². The maximum absolute atomic E-state index is 11.3. The second-order valence-electron chi connectivity index (χ2n) is 6.16. The summed E-state index contributed by atoms with van der Waals surface area (Å²) in [4.78, 5) is 15.6. The lowest BCUT2D eigenvalue weighted by molar-refractivity contribution is -0.130. The van der Waals surface area contributed by atoms with Crippen molar-refractivity contribution in [1.82, 2.24) is 9.80 Å². The Morgan fingerprint density at radius 1 is 1.19 bits per heavy atom. The van der Waals surface area contributed by atoms with E-state index in [2.05, 4.69) is 23.1 Å². The first-order chi connectivity index (χ1) is 10.1. The lowest BCUT2D eigenvalue weighted by Gasteiger charge is -2.35. The first-order valence-electron chi connectivity index (χ1n) is 7.87. The van der Waals surface area contributed by atoms with Gasteiger partial charge in [-0.05, 0) is 36.0 Å². The van der Waals surface area contributed by atoms with Crippen LogP contribution in [-0.4, -0.2) is 48.4 Å². The lowest BCUT2D eigenvalue weighted by atomic mass is 10.0. The van der Waals surface area contributed by atoms with Crippen molar-refractivity contribution >= 4 is 17.5 Å². The van der Waals surface area contributed by atoms with E-state index < -0.39 is 0 Å². The van der Waals surface area contributed by atoms with Gasteiger partial charge < -0.3 is 4.90 Å². The minimum Gasteiger partial charge on any atom is -0.340 e. The van der Waals surface area contributed by atoms with Crippen molar-refractivity contribution in [2.75, 3.05) is 32.7 Å². The molecule has 0 aromatic heterocycles. The molecule has 114 valence electrons. The Labute approximate surface area is 131 Å². The Morgan fingerprint density at radius 2 is 1.90 bits per heavy atom. The van der Waals surface area contributed by atoms with Gasteiger partial charge in [0.2, 0.25) is 5.91 Å². The van der Waals surface area contributed by atoms with E-state index in [1.807, 2.05) is 4.90 Å². The summed E-state index contributed by atoms with van der Waals surface area (Å²) < 4.78 is 0. The van der Waals surface area contributed by atoms with Crippen LogP contribution in [0, 0.1) is 0 Å². The summed E-state index contributed by atoms with van der Waals surface area (Å²) in [6.07, 6.45) is 3.69. The Kier molecular flexibility index (Phi) is 4.51. The Balaban J connectivity index is 1.57. The topological polar surface area (TPSA) is 23.6 Å². The van der Waals surface area contributed by atoms with Crippen molar-refractivity contribution in [1.29, 1.82) is 0 Å². The van der Waals surface area contributed by atoms with Crippen LogP contribution in [0.5, 0.6) is 0 Å².